The smallest absolute Gasteiger partial charge is 0.0462 e. The van der Waals surface area contributed by atoms with Crippen LogP contribution in [-0.2, 0) is 0 Å². The number of hydrogen-bond acceptors (Lipinski definition) is 3. The molecule has 1 aliphatic heterocycles. The highest BCUT2D eigenvalue weighted by Gasteiger charge is 2.20. The maximum Gasteiger partial charge on any atom is 0.0462 e. The van der Waals surface area contributed by atoms with Gasteiger partial charge in [-0.15, -0.1) is 0 Å². The van der Waals surface area contributed by atoms with Gasteiger partial charge in [0.05, 0.1) is 0 Å². The first kappa shape index (κ1) is 12.4. The lowest BCUT2D eigenvalue weighted by Gasteiger charge is -2.35. The molecular weight excluding hydrogens is 234 g/mol. The molecule has 1 aromatic heterocycles. The normalized spacial score (nSPS) is 19.8. The Balaban J connectivity index is 1.91. The van der Waals surface area contributed by atoms with Gasteiger partial charge in [0.2, 0.25) is 0 Å². The Hall–Kier alpha value is -1.61. The zero-order valence-electron chi connectivity index (χ0n) is 11.5. The van der Waals surface area contributed by atoms with Crippen molar-refractivity contribution >= 4 is 16.5 Å². The van der Waals surface area contributed by atoms with Crippen molar-refractivity contribution in [2.45, 2.75) is 25.8 Å². The molecule has 3 heteroatoms. The van der Waals surface area contributed by atoms with Crippen molar-refractivity contribution < 1.29 is 0 Å². The van der Waals surface area contributed by atoms with Gasteiger partial charge in [0.1, 0.15) is 0 Å². The summed E-state index contributed by atoms with van der Waals surface area (Å²) in [6, 6.07) is 9.23. The quantitative estimate of drug-likeness (QED) is 0.914. The summed E-state index contributed by atoms with van der Waals surface area (Å²) in [6.45, 7) is 5.48. The molecule has 1 unspecified atom stereocenters. The molecule has 0 amide bonds. The second kappa shape index (κ2) is 5.57. The van der Waals surface area contributed by atoms with Crippen LogP contribution >= 0.6 is 0 Å². The number of hydrogen-bond donors (Lipinski definition) is 1. The first-order valence-corrected chi connectivity index (χ1v) is 7.19. The number of nitrogens with one attached hydrogen (secondary N) is 1. The molecule has 0 spiro atoms. The molecule has 1 saturated heterocycles. The van der Waals surface area contributed by atoms with Crippen LogP contribution in [0.4, 0.5) is 5.69 Å². The average Bonchev–Trinajstić information content (AvgIpc) is 2.47. The Morgan fingerprint density at radius 2 is 2.32 bits per heavy atom. The Labute approximate surface area is 114 Å². The van der Waals surface area contributed by atoms with Crippen LogP contribution in [0.3, 0.4) is 0 Å². The summed E-state index contributed by atoms with van der Waals surface area (Å²) in [5.74, 6) is 0. The van der Waals surface area contributed by atoms with Gasteiger partial charge >= 0.3 is 0 Å². The van der Waals surface area contributed by atoms with E-state index in [1.807, 2.05) is 12.4 Å². The first-order chi connectivity index (χ1) is 9.38. The summed E-state index contributed by atoms with van der Waals surface area (Å²) in [5, 5.41) is 6.12. The number of likely N-dealkylation sites (N-methyl/N-ethyl adjacent to an activating group) is 1. The van der Waals surface area contributed by atoms with E-state index in [1.165, 1.54) is 29.3 Å². The van der Waals surface area contributed by atoms with Crippen molar-refractivity contribution in [2.75, 3.05) is 24.5 Å². The molecule has 1 fully saturated rings. The number of aromatic nitrogens is 1. The van der Waals surface area contributed by atoms with Gasteiger partial charge in [0, 0.05) is 42.6 Å². The summed E-state index contributed by atoms with van der Waals surface area (Å²) in [4.78, 5) is 6.78. The largest absolute Gasteiger partial charge is 0.369 e. The zero-order valence-corrected chi connectivity index (χ0v) is 11.5. The van der Waals surface area contributed by atoms with Crippen LogP contribution in [0.15, 0.2) is 36.7 Å². The third kappa shape index (κ3) is 2.56. The van der Waals surface area contributed by atoms with E-state index in [0.717, 1.165) is 19.6 Å². The van der Waals surface area contributed by atoms with E-state index >= 15 is 0 Å². The highest BCUT2D eigenvalue weighted by molar-refractivity contribution is 5.93. The molecule has 3 rings (SSSR count). The molecule has 1 aliphatic rings. The molecular formula is C16H21N3. The number of rotatable bonds is 3. The molecule has 1 atom stereocenters. The SMILES string of the molecule is CCNC1CCCN(c2cccc3ccncc23)C1. The van der Waals surface area contributed by atoms with Gasteiger partial charge < -0.3 is 10.2 Å². The summed E-state index contributed by atoms with van der Waals surface area (Å²) in [7, 11) is 0. The molecule has 0 saturated carbocycles. The average molecular weight is 255 g/mol. The highest BCUT2D eigenvalue weighted by atomic mass is 15.2. The second-order valence-corrected chi connectivity index (χ2v) is 5.22. The predicted octanol–water partition coefficient (Wildman–Crippen LogP) is 2.81. The Morgan fingerprint density at radius 1 is 1.37 bits per heavy atom. The molecule has 3 nitrogen and oxygen atoms in total. The number of anilines is 1. The molecule has 1 N–H and O–H groups in total. The van der Waals surface area contributed by atoms with E-state index in [4.69, 9.17) is 0 Å². The third-order valence-electron chi connectivity index (χ3n) is 3.92. The molecule has 100 valence electrons. The van der Waals surface area contributed by atoms with E-state index < -0.39 is 0 Å². The van der Waals surface area contributed by atoms with E-state index in [2.05, 4.69) is 46.4 Å². The molecule has 2 heterocycles. The van der Waals surface area contributed by atoms with E-state index in [1.54, 1.807) is 0 Å². The fourth-order valence-corrected chi connectivity index (χ4v) is 3.02. The van der Waals surface area contributed by atoms with Crippen molar-refractivity contribution in [2.24, 2.45) is 0 Å². The van der Waals surface area contributed by atoms with Crippen LogP contribution in [-0.4, -0.2) is 30.7 Å². The van der Waals surface area contributed by atoms with Crippen LogP contribution in [0, 0.1) is 0 Å². The molecule has 1 aromatic carbocycles. The third-order valence-corrected chi connectivity index (χ3v) is 3.92. The fourth-order valence-electron chi connectivity index (χ4n) is 3.02. The zero-order chi connectivity index (χ0) is 13.1. The van der Waals surface area contributed by atoms with Gasteiger partial charge in [0.25, 0.3) is 0 Å². The number of piperidine rings is 1. The summed E-state index contributed by atoms with van der Waals surface area (Å²) >= 11 is 0. The maximum atomic E-state index is 4.28. The number of nitrogens with zero attached hydrogens (tertiary/aromatic N) is 2. The topological polar surface area (TPSA) is 28.2 Å². The molecule has 0 aliphatic carbocycles. The van der Waals surface area contributed by atoms with Crippen LogP contribution in [0.5, 0.6) is 0 Å². The number of benzene rings is 1. The molecule has 2 aromatic rings. The number of fused-ring (bicyclic) bond motifs is 1. The molecule has 0 bridgehead atoms. The first-order valence-electron chi connectivity index (χ1n) is 7.19. The van der Waals surface area contributed by atoms with E-state index in [9.17, 15) is 0 Å². The lowest BCUT2D eigenvalue weighted by molar-refractivity contribution is 0.432. The summed E-state index contributed by atoms with van der Waals surface area (Å²) < 4.78 is 0. The van der Waals surface area contributed by atoms with Crippen LogP contribution < -0.4 is 10.2 Å². The minimum atomic E-state index is 0.616. The molecule has 0 radical (unpaired) electrons. The van der Waals surface area contributed by atoms with Crippen molar-refractivity contribution in [1.82, 2.24) is 10.3 Å². The van der Waals surface area contributed by atoms with Gasteiger partial charge in [-0.1, -0.05) is 19.1 Å². The standard InChI is InChI=1S/C16H21N3/c1-2-18-14-6-4-10-19(12-14)16-7-3-5-13-8-9-17-11-15(13)16/h3,5,7-9,11,14,18H,2,4,6,10,12H2,1H3. The Morgan fingerprint density at radius 3 is 3.21 bits per heavy atom. The monoisotopic (exact) mass is 255 g/mol. The van der Waals surface area contributed by atoms with E-state index in [0.29, 0.717) is 6.04 Å². The summed E-state index contributed by atoms with van der Waals surface area (Å²) in [5.41, 5.74) is 1.33. The van der Waals surface area contributed by atoms with Gasteiger partial charge in [-0.05, 0) is 36.9 Å². The van der Waals surface area contributed by atoms with Crippen molar-refractivity contribution in [3.8, 4) is 0 Å². The van der Waals surface area contributed by atoms with Crippen molar-refractivity contribution in [3.05, 3.63) is 36.7 Å². The van der Waals surface area contributed by atoms with E-state index in [-0.39, 0.29) is 0 Å². The van der Waals surface area contributed by atoms with Gasteiger partial charge in [0.15, 0.2) is 0 Å². The second-order valence-electron chi connectivity index (χ2n) is 5.22. The Bertz CT molecular complexity index is 545. The van der Waals surface area contributed by atoms with Crippen molar-refractivity contribution in [1.29, 1.82) is 0 Å². The summed E-state index contributed by atoms with van der Waals surface area (Å²) in [6.07, 6.45) is 6.40. The lowest BCUT2D eigenvalue weighted by atomic mass is 10.0. The minimum Gasteiger partial charge on any atom is -0.369 e. The predicted molar refractivity (Wildman–Crippen MR) is 80.7 cm³/mol. The lowest BCUT2D eigenvalue weighted by Crippen LogP contribution is -2.45. The van der Waals surface area contributed by atoms with Gasteiger partial charge in [-0.2, -0.15) is 0 Å². The fraction of sp³-hybridized carbons (Fsp3) is 0.438. The van der Waals surface area contributed by atoms with Crippen LogP contribution in [0.2, 0.25) is 0 Å². The van der Waals surface area contributed by atoms with Crippen LogP contribution in [0.25, 0.3) is 10.8 Å². The Kier molecular flexibility index (Phi) is 3.65. The number of pyridine rings is 1. The minimum absolute atomic E-state index is 0.616. The van der Waals surface area contributed by atoms with Gasteiger partial charge in [-0.3, -0.25) is 4.98 Å². The highest BCUT2D eigenvalue weighted by Crippen LogP contribution is 2.28. The van der Waals surface area contributed by atoms with Crippen LogP contribution in [0.1, 0.15) is 19.8 Å². The van der Waals surface area contributed by atoms with Crippen molar-refractivity contribution in [3.63, 3.8) is 0 Å². The maximum absolute atomic E-state index is 4.28. The van der Waals surface area contributed by atoms with Gasteiger partial charge in [-0.25, -0.2) is 0 Å². The molecule has 19 heavy (non-hydrogen) atoms.